The van der Waals surface area contributed by atoms with Crippen molar-refractivity contribution in [3.05, 3.63) is 47.5 Å². The molecule has 5 N–H and O–H groups in total. The third-order valence-corrected chi connectivity index (χ3v) is 6.37. The molecule has 2 aromatic heterocycles. The fraction of sp³-hybridized carbons (Fsp3) is 0.421. The highest BCUT2D eigenvalue weighted by atomic mass is 35.5. The van der Waals surface area contributed by atoms with Gasteiger partial charge in [0.1, 0.15) is 12.2 Å². The molecule has 0 amide bonds. The Morgan fingerprint density at radius 3 is 2.58 bits per heavy atom. The molecule has 14 heteroatoms. The van der Waals surface area contributed by atoms with Gasteiger partial charge >= 0.3 is 7.60 Å². The van der Waals surface area contributed by atoms with E-state index in [9.17, 15) is 14.8 Å². The van der Waals surface area contributed by atoms with E-state index in [1.54, 1.807) is 0 Å². The highest BCUT2D eigenvalue weighted by Crippen LogP contribution is 2.39. The first-order valence-corrected chi connectivity index (χ1v) is 12.1. The fourth-order valence-electron chi connectivity index (χ4n) is 3.70. The van der Waals surface area contributed by atoms with Crippen molar-refractivity contribution in [2.24, 2.45) is 0 Å². The Morgan fingerprint density at radius 1 is 1.21 bits per heavy atom. The van der Waals surface area contributed by atoms with E-state index in [0.717, 1.165) is 5.56 Å². The Kier molecular flexibility index (Phi) is 8.03. The molecule has 1 unspecified atom stereocenters. The molecule has 1 aliphatic rings. The van der Waals surface area contributed by atoms with Crippen LogP contribution in [0.1, 0.15) is 31.2 Å². The molecule has 3 aromatic rings. The number of aromatic nitrogens is 4. The minimum atomic E-state index is -4.27. The lowest BCUT2D eigenvalue weighted by Crippen LogP contribution is -2.31. The number of anilines is 1. The number of hydrogen-bond donors (Lipinski definition) is 5. The zero-order valence-corrected chi connectivity index (χ0v) is 20.1. The molecule has 1 fully saturated rings. The van der Waals surface area contributed by atoms with Crippen molar-refractivity contribution < 1.29 is 29.3 Å². The number of imidazole rings is 1. The molecule has 0 radical (unpaired) electrons. The van der Waals surface area contributed by atoms with Crippen molar-refractivity contribution in [3.8, 4) is 0 Å². The summed E-state index contributed by atoms with van der Waals surface area (Å²) in [6, 6.07) is 9.61. The van der Waals surface area contributed by atoms with Gasteiger partial charge in [-0.05, 0) is 30.5 Å². The van der Waals surface area contributed by atoms with E-state index in [4.69, 9.17) is 26.1 Å². The van der Waals surface area contributed by atoms with Crippen LogP contribution in [0.3, 0.4) is 0 Å². The lowest BCUT2D eigenvalue weighted by molar-refractivity contribution is -0.0355. The van der Waals surface area contributed by atoms with Gasteiger partial charge in [0.05, 0.1) is 24.6 Å². The van der Waals surface area contributed by atoms with E-state index < -0.39 is 38.3 Å². The minimum Gasteiger partial charge on any atom is -0.388 e. The topological polar surface area (TPSA) is 163 Å². The number of nitrogens with zero attached hydrogens (tertiary/aromatic N) is 4. The number of rotatable bonds is 7. The molecule has 0 bridgehead atoms. The van der Waals surface area contributed by atoms with E-state index in [0.29, 0.717) is 11.3 Å². The lowest BCUT2D eigenvalue weighted by atomic mass is 10.1. The van der Waals surface area contributed by atoms with Crippen molar-refractivity contribution in [2.45, 2.75) is 43.9 Å². The second-order valence-electron chi connectivity index (χ2n) is 7.67. The molecule has 0 aliphatic carbocycles. The normalized spacial score (nSPS) is 23.9. The van der Waals surface area contributed by atoms with Crippen molar-refractivity contribution >= 4 is 49.7 Å². The summed E-state index contributed by atoms with van der Waals surface area (Å²) in [5.41, 5.74) is 1.70. The zero-order valence-electron chi connectivity index (χ0n) is 17.5. The zero-order chi connectivity index (χ0) is 23.0. The molecule has 1 aromatic carbocycles. The lowest BCUT2D eigenvalue weighted by Gasteiger charge is -2.18. The SMILES string of the molecule is C[C@H](Nc1nc(Cl)nc2c1ncn2[C@@H]1O[C@H](CCP(=O)(O)O)C(O)[C@@H]1O)c1ccccc1.S. The average Bonchev–Trinajstić information content (AvgIpc) is 3.28. The predicted molar refractivity (Wildman–Crippen MR) is 127 cm³/mol. The van der Waals surface area contributed by atoms with Crippen molar-refractivity contribution in [3.63, 3.8) is 0 Å². The van der Waals surface area contributed by atoms with Gasteiger partial charge in [-0.1, -0.05) is 30.3 Å². The van der Waals surface area contributed by atoms with Crippen LogP contribution in [0.25, 0.3) is 11.2 Å². The molecule has 3 heterocycles. The van der Waals surface area contributed by atoms with Crippen LogP contribution in [-0.4, -0.2) is 64.0 Å². The Labute approximate surface area is 201 Å². The predicted octanol–water partition coefficient (Wildman–Crippen LogP) is 1.95. The van der Waals surface area contributed by atoms with E-state index in [2.05, 4.69) is 20.3 Å². The number of hydrogen-bond acceptors (Lipinski definition) is 8. The van der Waals surface area contributed by atoms with E-state index in [1.807, 2.05) is 37.3 Å². The first-order chi connectivity index (χ1) is 15.1. The quantitative estimate of drug-likeness (QED) is 0.231. The molecule has 180 valence electrons. The van der Waals surface area contributed by atoms with Gasteiger partial charge in [0.2, 0.25) is 5.28 Å². The maximum Gasteiger partial charge on any atom is 0.325 e. The largest absolute Gasteiger partial charge is 0.388 e. The summed E-state index contributed by atoms with van der Waals surface area (Å²) < 4.78 is 18.3. The molecular formula is C19H25ClN5O6PS. The fourth-order valence-corrected chi connectivity index (χ4v) is 4.46. The van der Waals surface area contributed by atoms with Crippen LogP contribution in [-0.2, 0) is 9.30 Å². The first-order valence-electron chi connectivity index (χ1n) is 9.92. The standard InChI is InChI=1S/C19H23ClN5O6P.H2S/c1-10(11-5-3-2-4-6-11)22-16-13-17(24-19(20)23-16)25(9-21-13)18-15(27)14(26)12(31-18)7-8-32(28,29)30;/h2-6,9-10,12,14-15,18,26-27H,7-8H2,1H3,(H,22,23,24)(H2,28,29,30);1H2/t10-,12+,14?,15-,18+;/m0./s1. The van der Waals surface area contributed by atoms with E-state index in [-0.39, 0.29) is 36.9 Å². The molecule has 5 atom stereocenters. The Balaban J connectivity index is 0.00000306. The monoisotopic (exact) mass is 517 g/mol. The highest BCUT2D eigenvalue weighted by molar-refractivity contribution is 7.59. The second-order valence-corrected chi connectivity index (χ2v) is 9.78. The van der Waals surface area contributed by atoms with Crippen molar-refractivity contribution in [1.82, 2.24) is 19.5 Å². The molecular weight excluding hydrogens is 493 g/mol. The molecule has 0 saturated carbocycles. The number of aliphatic hydroxyl groups is 2. The average molecular weight is 518 g/mol. The molecule has 11 nitrogen and oxygen atoms in total. The van der Waals surface area contributed by atoms with Gasteiger partial charge in [-0.15, -0.1) is 0 Å². The van der Waals surface area contributed by atoms with Crippen molar-refractivity contribution in [2.75, 3.05) is 11.5 Å². The van der Waals surface area contributed by atoms with Crippen LogP contribution in [0.15, 0.2) is 36.7 Å². The maximum atomic E-state index is 11.2. The third-order valence-electron chi connectivity index (χ3n) is 5.36. The van der Waals surface area contributed by atoms with Gasteiger partial charge in [-0.2, -0.15) is 23.5 Å². The van der Waals surface area contributed by atoms with E-state index >= 15 is 0 Å². The Bertz CT molecular complexity index is 1150. The first kappa shape index (κ1) is 25.9. The number of fused-ring (bicyclic) bond motifs is 1. The second kappa shape index (κ2) is 10.2. The highest BCUT2D eigenvalue weighted by Gasteiger charge is 2.44. The summed E-state index contributed by atoms with van der Waals surface area (Å²) in [4.78, 5) is 31.0. The minimum absolute atomic E-state index is 0. The molecule has 0 spiro atoms. The number of nitrogens with one attached hydrogen (secondary N) is 1. The van der Waals surface area contributed by atoms with Gasteiger partial charge in [0.15, 0.2) is 23.2 Å². The van der Waals surface area contributed by atoms with Gasteiger partial charge in [-0.25, -0.2) is 4.98 Å². The Hall–Kier alpha value is -1.76. The van der Waals surface area contributed by atoms with Crippen LogP contribution in [0.5, 0.6) is 0 Å². The van der Waals surface area contributed by atoms with Gasteiger partial charge in [-0.3, -0.25) is 9.13 Å². The van der Waals surface area contributed by atoms with E-state index in [1.165, 1.54) is 10.9 Å². The van der Waals surface area contributed by atoms with Gasteiger partial charge < -0.3 is 30.1 Å². The number of benzene rings is 1. The molecule has 1 aliphatic heterocycles. The Morgan fingerprint density at radius 2 is 1.91 bits per heavy atom. The summed E-state index contributed by atoms with van der Waals surface area (Å²) >= 11 is 6.14. The van der Waals surface area contributed by atoms with Crippen LogP contribution in [0.4, 0.5) is 5.82 Å². The van der Waals surface area contributed by atoms with Crippen LogP contribution in [0.2, 0.25) is 5.28 Å². The summed E-state index contributed by atoms with van der Waals surface area (Å²) in [6.07, 6.45) is -3.93. The number of halogens is 1. The molecule has 1 saturated heterocycles. The number of ether oxygens (including phenoxy) is 1. The van der Waals surface area contributed by atoms with Crippen LogP contribution in [0, 0.1) is 0 Å². The third kappa shape index (κ3) is 5.67. The molecule has 33 heavy (non-hydrogen) atoms. The van der Waals surface area contributed by atoms with Crippen molar-refractivity contribution in [1.29, 1.82) is 0 Å². The maximum absolute atomic E-state index is 11.2. The number of aliphatic hydroxyl groups excluding tert-OH is 2. The summed E-state index contributed by atoms with van der Waals surface area (Å²) in [5, 5.41) is 24.0. The van der Waals surface area contributed by atoms with Crippen LogP contribution >= 0.6 is 32.7 Å². The summed E-state index contributed by atoms with van der Waals surface area (Å²) in [6.45, 7) is 1.96. The summed E-state index contributed by atoms with van der Waals surface area (Å²) in [5.74, 6) is 0.390. The van der Waals surface area contributed by atoms with Crippen LogP contribution < -0.4 is 5.32 Å². The summed E-state index contributed by atoms with van der Waals surface area (Å²) in [7, 11) is -4.27. The van der Waals surface area contributed by atoms with Gasteiger partial charge in [0, 0.05) is 0 Å². The smallest absolute Gasteiger partial charge is 0.325 e. The van der Waals surface area contributed by atoms with Gasteiger partial charge in [0.25, 0.3) is 0 Å². The molecule has 4 rings (SSSR count).